The highest BCUT2D eigenvalue weighted by molar-refractivity contribution is 14.0. The lowest BCUT2D eigenvalue weighted by atomic mass is 10.2. The molecule has 0 aromatic heterocycles. The predicted octanol–water partition coefficient (Wildman–Crippen LogP) is 1.37. The molecule has 5 nitrogen and oxygen atoms in total. The number of nitrogens with two attached hydrogens (primary N) is 1. The molecule has 0 aliphatic carbocycles. The summed E-state index contributed by atoms with van der Waals surface area (Å²) < 4.78 is 5.30. The fraction of sp³-hybridized carbons (Fsp3) is 0.923. The molecule has 1 heterocycles. The molecule has 1 aliphatic heterocycles. The summed E-state index contributed by atoms with van der Waals surface area (Å²) in [4.78, 5) is 9.00. The standard InChI is InChI=1S/C13H28N4O.HI/c1-11(2)17(12(3)4)6-5-15-13(14)16-7-9-18-10-8-16;/h11-12H,5-10H2,1-4H3,(H2,14,15);1H. The summed E-state index contributed by atoms with van der Waals surface area (Å²) in [6.45, 7) is 13.8. The van der Waals surface area contributed by atoms with Gasteiger partial charge in [0.1, 0.15) is 0 Å². The van der Waals surface area contributed by atoms with Gasteiger partial charge in [0.2, 0.25) is 0 Å². The van der Waals surface area contributed by atoms with E-state index in [-0.39, 0.29) is 24.0 Å². The maximum Gasteiger partial charge on any atom is 0.191 e. The van der Waals surface area contributed by atoms with Crippen LogP contribution in [0.15, 0.2) is 4.99 Å². The summed E-state index contributed by atoms with van der Waals surface area (Å²) in [5.41, 5.74) is 5.99. The van der Waals surface area contributed by atoms with Crippen molar-refractivity contribution in [3.63, 3.8) is 0 Å². The van der Waals surface area contributed by atoms with Crippen LogP contribution in [0.1, 0.15) is 27.7 Å². The van der Waals surface area contributed by atoms with E-state index in [0.29, 0.717) is 18.0 Å². The van der Waals surface area contributed by atoms with E-state index >= 15 is 0 Å². The summed E-state index contributed by atoms with van der Waals surface area (Å²) in [6, 6.07) is 1.09. The number of morpholine rings is 1. The summed E-state index contributed by atoms with van der Waals surface area (Å²) in [5.74, 6) is 0.658. The van der Waals surface area contributed by atoms with Gasteiger partial charge >= 0.3 is 0 Å². The van der Waals surface area contributed by atoms with E-state index in [1.807, 2.05) is 0 Å². The van der Waals surface area contributed by atoms with E-state index in [1.54, 1.807) is 0 Å². The molecule has 0 bridgehead atoms. The van der Waals surface area contributed by atoms with Crippen LogP contribution in [0.5, 0.6) is 0 Å². The summed E-state index contributed by atoms with van der Waals surface area (Å²) in [5, 5.41) is 0. The van der Waals surface area contributed by atoms with E-state index in [4.69, 9.17) is 10.5 Å². The van der Waals surface area contributed by atoms with Gasteiger partial charge in [-0.25, -0.2) is 0 Å². The minimum absolute atomic E-state index is 0. The zero-order chi connectivity index (χ0) is 13.5. The van der Waals surface area contributed by atoms with E-state index in [0.717, 1.165) is 39.4 Å². The number of ether oxygens (including phenoxy) is 1. The Hall–Kier alpha value is -0.0800. The Kier molecular flexibility index (Phi) is 9.72. The van der Waals surface area contributed by atoms with Crippen LogP contribution in [0.25, 0.3) is 0 Å². The number of halogens is 1. The van der Waals surface area contributed by atoms with E-state index < -0.39 is 0 Å². The summed E-state index contributed by atoms with van der Waals surface area (Å²) >= 11 is 0. The molecule has 0 saturated carbocycles. The van der Waals surface area contributed by atoms with Gasteiger partial charge in [0.25, 0.3) is 0 Å². The van der Waals surface area contributed by atoms with E-state index in [1.165, 1.54) is 0 Å². The van der Waals surface area contributed by atoms with Gasteiger partial charge in [-0.3, -0.25) is 9.89 Å². The second kappa shape index (κ2) is 9.77. The molecule has 1 aliphatic rings. The molecule has 6 heteroatoms. The fourth-order valence-corrected chi connectivity index (χ4v) is 2.29. The van der Waals surface area contributed by atoms with Crippen molar-refractivity contribution in [2.24, 2.45) is 10.7 Å². The van der Waals surface area contributed by atoms with Crippen LogP contribution in [0.4, 0.5) is 0 Å². The maximum atomic E-state index is 5.99. The van der Waals surface area contributed by atoms with Crippen molar-refractivity contribution in [3.8, 4) is 0 Å². The van der Waals surface area contributed by atoms with E-state index in [2.05, 4.69) is 42.5 Å². The number of hydrogen-bond acceptors (Lipinski definition) is 3. The first-order chi connectivity index (χ1) is 8.52. The molecule has 19 heavy (non-hydrogen) atoms. The van der Waals surface area contributed by atoms with Crippen LogP contribution in [0.2, 0.25) is 0 Å². The molecule has 0 atom stereocenters. The zero-order valence-corrected chi connectivity index (χ0v) is 15.0. The second-order valence-corrected chi connectivity index (χ2v) is 5.26. The van der Waals surface area contributed by atoms with Crippen molar-refractivity contribution in [1.82, 2.24) is 9.80 Å². The normalized spacial score (nSPS) is 17.2. The number of rotatable bonds is 5. The van der Waals surface area contributed by atoms with Gasteiger partial charge in [-0.05, 0) is 27.7 Å². The highest BCUT2D eigenvalue weighted by Gasteiger charge is 2.14. The number of guanidine groups is 1. The molecule has 114 valence electrons. The molecule has 0 spiro atoms. The van der Waals surface area contributed by atoms with Gasteiger partial charge in [-0.2, -0.15) is 0 Å². The molecule has 0 unspecified atom stereocenters. The highest BCUT2D eigenvalue weighted by atomic mass is 127. The van der Waals surface area contributed by atoms with Gasteiger partial charge in [0.15, 0.2) is 5.96 Å². The maximum absolute atomic E-state index is 5.99. The second-order valence-electron chi connectivity index (χ2n) is 5.26. The average Bonchev–Trinajstić information content (AvgIpc) is 2.34. The first-order valence-corrected chi connectivity index (χ1v) is 6.90. The van der Waals surface area contributed by atoms with Crippen molar-refractivity contribution in [2.45, 2.75) is 39.8 Å². The highest BCUT2D eigenvalue weighted by Crippen LogP contribution is 2.04. The van der Waals surface area contributed by atoms with Gasteiger partial charge in [-0.15, -0.1) is 24.0 Å². The van der Waals surface area contributed by atoms with Gasteiger partial charge in [0, 0.05) is 31.7 Å². The van der Waals surface area contributed by atoms with Gasteiger partial charge in [-0.1, -0.05) is 0 Å². The van der Waals surface area contributed by atoms with Crippen LogP contribution in [0.3, 0.4) is 0 Å². The largest absolute Gasteiger partial charge is 0.378 e. The van der Waals surface area contributed by atoms with Crippen molar-refractivity contribution in [2.75, 3.05) is 39.4 Å². The Balaban J connectivity index is 0.00000324. The SMILES string of the molecule is CC(C)N(CCN=C(N)N1CCOCC1)C(C)C.I. The predicted molar refractivity (Wildman–Crippen MR) is 91.3 cm³/mol. The van der Waals surface area contributed by atoms with Crippen molar-refractivity contribution >= 4 is 29.9 Å². The summed E-state index contributed by atoms with van der Waals surface area (Å²) in [6.07, 6.45) is 0. The van der Waals surface area contributed by atoms with Crippen molar-refractivity contribution in [1.29, 1.82) is 0 Å². The topological polar surface area (TPSA) is 54.1 Å². The number of hydrogen-bond donors (Lipinski definition) is 1. The lowest BCUT2D eigenvalue weighted by Crippen LogP contribution is -2.45. The lowest BCUT2D eigenvalue weighted by molar-refractivity contribution is 0.0673. The Morgan fingerprint density at radius 3 is 2.21 bits per heavy atom. The molecule has 2 N–H and O–H groups in total. The van der Waals surface area contributed by atoms with Crippen LogP contribution in [0, 0.1) is 0 Å². The molecule has 0 amide bonds. The molecule has 0 radical (unpaired) electrons. The molecule has 0 aromatic rings. The molecular weight excluding hydrogens is 355 g/mol. The molecular formula is C13H29IN4O. The average molecular weight is 384 g/mol. The minimum atomic E-state index is 0. The minimum Gasteiger partial charge on any atom is -0.378 e. The third-order valence-corrected chi connectivity index (χ3v) is 3.29. The monoisotopic (exact) mass is 384 g/mol. The van der Waals surface area contributed by atoms with Crippen molar-refractivity contribution in [3.05, 3.63) is 0 Å². The Morgan fingerprint density at radius 2 is 1.74 bits per heavy atom. The summed E-state index contributed by atoms with van der Waals surface area (Å²) in [7, 11) is 0. The van der Waals surface area contributed by atoms with E-state index in [9.17, 15) is 0 Å². The third-order valence-electron chi connectivity index (χ3n) is 3.29. The van der Waals surface area contributed by atoms with Crippen LogP contribution in [-0.2, 0) is 4.74 Å². The lowest BCUT2D eigenvalue weighted by Gasteiger charge is -2.30. The molecule has 1 rings (SSSR count). The van der Waals surface area contributed by atoms with Crippen LogP contribution < -0.4 is 5.73 Å². The third kappa shape index (κ3) is 6.76. The first kappa shape index (κ1) is 18.9. The Morgan fingerprint density at radius 1 is 1.21 bits per heavy atom. The number of nitrogens with zero attached hydrogens (tertiary/aromatic N) is 3. The van der Waals surface area contributed by atoms with Crippen molar-refractivity contribution < 1.29 is 4.74 Å². The van der Waals surface area contributed by atoms with Gasteiger partial charge < -0.3 is 15.4 Å². The quantitative estimate of drug-likeness (QED) is 0.442. The zero-order valence-electron chi connectivity index (χ0n) is 12.6. The Labute approximate surface area is 134 Å². The molecule has 1 fully saturated rings. The number of aliphatic imine (C=N–C) groups is 1. The van der Waals surface area contributed by atoms with Crippen LogP contribution in [-0.4, -0.2) is 67.2 Å². The Bertz CT molecular complexity index is 257. The van der Waals surface area contributed by atoms with Crippen LogP contribution >= 0.6 is 24.0 Å². The molecule has 1 saturated heterocycles. The first-order valence-electron chi connectivity index (χ1n) is 6.90. The smallest absolute Gasteiger partial charge is 0.191 e. The van der Waals surface area contributed by atoms with Gasteiger partial charge in [0.05, 0.1) is 19.8 Å². The fourth-order valence-electron chi connectivity index (χ4n) is 2.29. The molecule has 0 aromatic carbocycles.